The molecule has 15 heavy (non-hydrogen) atoms. The number of aryl methyl sites for hydroxylation is 1. The Bertz CT molecular complexity index is 349. The monoisotopic (exact) mass is 223 g/mol. The van der Waals surface area contributed by atoms with Crippen LogP contribution in [0.4, 0.5) is 0 Å². The molecule has 0 aliphatic carbocycles. The Kier molecular flexibility index (Phi) is 2.50. The van der Waals surface area contributed by atoms with Gasteiger partial charge in [-0.1, -0.05) is 0 Å². The average molecular weight is 223 g/mol. The number of piperazine rings is 1. The fourth-order valence-corrected chi connectivity index (χ4v) is 3.69. The molecule has 0 spiro atoms. The molecule has 2 aliphatic rings. The van der Waals surface area contributed by atoms with E-state index in [9.17, 15) is 0 Å². The molecule has 1 N–H and O–H groups in total. The second-order valence-electron chi connectivity index (χ2n) is 4.49. The van der Waals surface area contributed by atoms with E-state index in [-0.39, 0.29) is 0 Å². The van der Waals surface area contributed by atoms with Gasteiger partial charge >= 0.3 is 0 Å². The minimum Gasteiger partial charge on any atom is -0.313 e. The van der Waals surface area contributed by atoms with Gasteiger partial charge in [0.25, 0.3) is 0 Å². The summed E-state index contributed by atoms with van der Waals surface area (Å²) >= 11 is 1.85. The molecule has 1 unspecified atom stereocenters. The van der Waals surface area contributed by atoms with E-state index in [1.54, 1.807) is 0 Å². The number of hydrogen-bond acceptors (Lipinski definition) is 4. The van der Waals surface area contributed by atoms with Gasteiger partial charge in [0, 0.05) is 30.2 Å². The van der Waals surface area contributed by atoms with Crippen molar-refractivity contribution in [1.29, 1.82) is 0 Å². The molecular formula is C11H17N3S. The third kappa shape index (κ3) is 1.71. The maximum Gasteiger partial charge on any atom is 0.0897 e. The summed E-state index contributed by atoms with van der Waals surface area (Å²) in [5, 5.41) is 4.74. The van der Waals surface area contributed by atoms with Crippen molar-refractivity contribution < 1.29 is 0 Å². The van der Waals surface area contributed by atoms with Crippen molar-refractivity contribution in [3.8, 4) is 0 Å². The number of rotatable bonds is 1. The van der Waals surface area contributed by atoms with Gasteiger partial charge in [-0.15, -0.1) is 11.3 Å². The Morgan fingerprint density at radius 1 is 1.53 bits per heavy atom. The van der Waals surface area contributed by atoms with E-state index in [0.717, 1.165) is 12.6 Å². The van der Waals surface area contributed by atoms with Crippen LogP contribution in [0, 0.1) is 6.92 Å². The Hall–Kier alpha value is -0.450. The van der Waals surface area contributed by atoms with Crippen molar-refractivity contribution in [1.82, 2.24) is 15.2 Å². The molecule has 3 rings (SSSR count). The number of aromatic nitrogens is 1. The van der Waals surface area contributed by atoms with Crippen LogP contribution >= 0.6 is 11.3 Å². The molecule has 1 aromatic heterocycles. The lowest BCUT2D eigenvalue weighted by Gasteiger charge is -2.37. The first-order valence-corrected chi connectivity index (χ1v) is 6.55. The Labute approximate surface area is 94.5 Å². The maximum absolute atomic E-state index is 4.37. The Morgan fingerprint density at radius 2 is 2.47 bits per heavy atom. The molecule has 3 nitrogen and oxygen atoms in total. The number of nitrogens with zero attached hydrogens (tertiary/aromatic N) is 2. The first-order valence-electron chi connectivity index (χ1n) is 5.73. The molecule has 2 fully saturated rings. The van der Waals surface area contributed by atoms with E-state index in [2.05, 4.69) is 28.3 Å². The van der Waals surface area contributed by atoms with E-state index < -0.39 is 0 Å². The second-order valence-corrected chi connectivity index (χ2v) is 5.76. The van der Waals surface area contributed by atoms with E-state index >= 15 is 0 Å². The zero-order chi connectivity index (χ0) is 10.3. The third-order valence-corrected chi connectivity index (χ3v) is 4.52. The topological polar surface area (TPSA) is 28.2 Å². The van der Waals surface area contributed by atoms with Crippen molar-refractivity contribution >= 4 is 11.3 Å². The molecule has 0 aromatic carbocycles. The van der Waals surface area contributed by atoms with Gasteiger partial charge in [0.1, 0.15) is 0 Å². The van der Waals surface area contributed by atoms with Crippen LogP contribution in [0.5, 0.6) is 0 Å². The number of fused-ring (bicyclic) bond motifs is 1. The summed E-state index contributed by atoms with van der Waals surface area (Å²) in [4.78, 5) is 8.48. The highest BCUT2D eigenvalue weighted by Gasteiger charge is 2.35. The van der Waals surface area contributed by atoms with Crippen LogP contribution in [-0.2, 0) is 0 Å². The van der Waals surface area contributed by atoms with Gasteiger partial charge in [0.05, 0.1) is 11.0 Å². The zero-order valence-corrected chi connectivity index (χ0v) is 9.89. The van der Waals surface area contributed by atoms with Crippen LogP contribution in [-0.4, -0.2) is 35.6 Å². The van der Waals surface area contributed by atoms with E-state index in [1.165, 1.54) is 35.8 Å². The van der Waals surface area contributed by atoms with Crippen LogP contribution in [0.15, 0.2) is 6.20 Å². The molecule has 2 atom stereocenters. The first kappa shape index (κ1) is 9.75. The summed E-state index contributed by atoms with van der Waals surface area (Å²) in [5.41, 5.74) is 0. The number of thiazole rings is 1. The lowest BCUT2D eigenvalue weighted by Crippen LogP contribution is -2.49. The summed E-state index contributed by atoms with van der Waals surface area (Å²) in [6.45, 7) is 5.63. The molecule has 0 amide bonds. The van der Waals surface area contributed by atoms with E-state index in [4.69, 9.17) is 0 Å². The minimum absolute atomic E-state index is 0.581. The molecule has 1 aromatic rings. The minimum atomic E-state index is 0.581. The SMILES string of the molecule is Cc1ncc(C2CNC[C@@H]3CCCN23)s1. The van der Waals surface area contributed by atoms with Crippen LogP contribution in [0.25, 0.3) is 0 Å². The Balaban J connectivity index is 1.85. The predicted molar refractivity (Wildman–Crippen MR) is 62.2 cm³/mol. The fourth-order valence-electron chi connectivity index (χ4n) is 2.79. The third-order valence-electron chi connectivity index (χ3n) is 3.51. The van der Waals surface area contributed by atoms with Gasteiger partial charge in [-0.3, -0.25) is 4.90 Å². The highest BCUT2D eigenvalue weighted by atomic mass is 32.1. The van der Waals surface area contributed by atoms with Crippen molar-refractivity contribution in [3.63, 3.8) is 0 Å². The van der Waals surface area contributed by atoms with Gasteiger partial charge in [-0.25, -0.2) is 4.98 Å². The first-order chi connectivity index (χ1) is 7.34. The summed E-state index contributed by atoms with van der Waals surface area (Å²) in [6, 6.07) is 1.35. The molecule has 2 aliphatic heterocycles. The lowest BCUT2D eigenvalue weighted by molar-refractivity contribution is 0.140. The van der Waals surface area contributed by atoms with Crippen LogP contribution in [0.2, 0.25) is 0 Å². The smallest absolute Gasteiger partial charge is 0.0897 e. The molecule has 82 valence electrons. The molecule has 4 heteroatoms. The standard InChI is InChI=1S/C11H17N3S/c1-8-13-7-11(15-8)10-6-12-5-9-3-2-4-14(9)10/h7,9-10,12H,2-6H2,1H3/t9-,10?/m0/s1. The summed E-state index contributed by atoms with van der Waals surface area (Å²) in [7, 11) is 0. The predicted octanol–water partition coefficient (Wildman–Crippen LogP) is 1.56. The molecule has 0 radical (unpaired) electrons. The number of hydrogen-bond donors (Lipinski definition) is 1. The molecule has 3 heterocycles. The lowest BCUT2D eigenvalue weighted by atomic mass is 10.1. The molecule has 0 saturated carbocycles. The molecular weight excluding hydrogens is 206 g/mol. The van der Waals surface area contributed by atoms with E-state index in [1.807, 2.05) is 11.3 Å². The zero-order valence-electron chi connectivity index (χ0n) is 9.07. The largest absolute Gasteiger partial charge is 0.313 e. The molecule has 2 saturated heterocycles. The van der Waals surface area contributed by atoms with Crippen LogP contribution < -0.4 is 5.32 Å². The van der Waals surface area contributed by atoms with Crippen LogP contribution in [0.3, 0.4) is 0 Å². The van der Waals surface area contributed by atoms with Crippen molar-refractivity contribution in [3.05, 3.63) is 16.1 Å². The van der Waals surface area contributed by atoms with Gasteiger partial charge in [-0.2, -0.15) is 0 Å². The normalized spacial score (nSPS) is 31.8. The highest BCUT2D eigenvalue weighted by molar-refractivity contribution is 7.11. The van der Waals surface area contributed by atoms with Crippen molar-refractivity contribution in [2.24, 2.45) is 0 Å². The summed E-state index contributed by atoms with van der Waals surface area (Å²) in [5.74, 6) is 0. The van der Waals surface area contributed by atoms with Gasteiger partial charge in [0.2, 0.25) is 0 Å². The van der Waals surface area contributed by atoms with Gasteiger partial charge in [-0.05, 0) is 26.3 Å². The van der Waals surface area contributed by atoms with Crippen molar-refractivity contribution in [2.45, 2.75) is 31.8 Å². The summed E-state index contributed by atoms with van der Waals surface area (Å²) in [6.07, 6.45) is 4.79. The average Bonchev–Trinajstić information content (AvgIpc) is 2.84. The highest BCUT2D eigenvalue weighted by Crippen LogP contribution is 2.33. The molecule has 0 bridgehead atoms. The van der Waals surface area contributed by atoms with E-state index in [0.29, 0.717) is 6.04 Å². The van der Waals surface area contributed by atoms with Crippen LogP contribution in [0.1, 0.15) is 28.8 Å². The van der Waals surface area contributed by atoms with Gasteiger partial charge in [0.15, 0.2) is 0 Å². The second kappa shape index (κ2) is 3.85. The maximum atomic E-state index is 4.37. The number of nitrogens with one attached hydrogen (secondary N) is 1. The summed E-state index contributed by atoms with van der Waals surface area (Å²) < 4.78 is 0. The van der Waals surface area contributed by atoms with Gasteiger partial charge < -0.3 is 5.32 Å². The quantitative estimate of drug-likeness (QED) is 0.783. The fraction of sp³-hybridized carbons (Fsp3) is 0.727. The van der Waals surface area contributed by atoms with Crippen molar-refractivity contribution in [2.75, 3.05) is 19.6 Å². The Morgan fingerprint density at radius 3 is 3.27 bits per heavy atom.